The van der Waals surface area contributed by atoms with Crippen molar-refractivity contribution >= 4 is 0 Å². The zero-order valence-electron chi connectivity index (χ0n) is 8.07. The molecule has 1 aromatic carbocycles. The van der Waals surface area contributed by atoms with Gasteiger partial charge in [0.05, 0.1) is 6.61 Å². The Balaban J connectivity index is 2.23. The molecule has 0 aliphatic heterocycles. The summed E-state index contributed by atoms with van der Waals surface area (Å²) in [6.07, 6.45) is 5.20. The van der Waals surface area contributed by atoms with Gasteiger partial charge in [0.15, 0.2) is 0 Å². The molecule has 13 heavy (non-hydrogen) atoms. The van der Waals surface area contributed by atoms with Gasteiger partial charge in [0.2, 0.25) is 0 Å². The van der Waals surface area contributed by atoms with Crippen molar-refractivity contribution in [3.63, 3.8) is 0 Å². The molecule has 0 N–H and O–H groups in total. The molecule has 0 amide bonds. The van der Waals surface area contributed by atoms with Crippen molar-refractivity contribution < 1.29 is 4.74 Å². The van der Waals surface area contributed by atoms with Gasteiger partial charge in [0.1, 0.15) is 0 Å². The summed E-state index contributed by atoms with van der Waals surface area (Å²) in [7, 11) is 0. The van der Waals surface area contributed by atoms with Crippen LogP contribution < -0.4 is 0 Å². The molecule has 0 aliphatic carbocycles. The molecule has 0 bridgehead atoms. The Bertz CT molecular complexity index is 239. The summed E-state index contributed by atoms with van der Waals surface area (Å²) >= 11 is 0. The van der Waals surface area contributed by atoms with E-state index in [-0.39, 0.29) is 0 Å². The normalized spacial score (nSPS) is 10.8. The fourth-order valence-electron chi connectivity index (χ4n) is 1.09. The van der Waals surface area contributed by atoms with E-state index in [0.29, 0.717) is 0 Å². The number of hydrogen-bond donors (Lipinski definition) is 0. The first-order valence-corrected chi connectivity index (χ1v) is 4.70. The van der Waals surface area contributed by atoms with Crippen LogP contribution in [0.15, 0.2) is 42.5 Å². The second-order valence-electron chi connectivity index (χ2n) is 2.82. The van der Waals surface area contributed by atoms with Gasteiger partial charge in [0.25, 0.3) is 0 Å². The molecular weight excluding hydrogens is 160 g/mol. The monoisotopic (exact) mass is 176 g/mol. The van der Waals surface area contributed by atoms with Crippen LogP contribution in [-0.2, 0) is 11.2 Å². The number of ether oxygens (including phenoxy) is 1. The van der Waals surface area contributed by atoms with Crippen LogP contribution in [0.25, 0.3) is 0 Å². The van der Waals surface area contributed by atoms with Crippen LogP contribution in [0.4, 0.5) is 0 Å². The second kappa shape index (κ2) is 6.44. The zero-order valence-corrected chi connectivity index (χ0v) is 8.07. The van der Waals surface area contributed by atoms with Crippen molar-refractivity contribution in [3.8, 4) is 0 Å². The molecule has 1 nitrogen and oxygen atoms in total. The first-order chi connectivity index (χ1) is 6.43. The molecule has 1 rings (SSSR count). The lowest BCUT2D eigenvalue weighted by Gasteiger charge is -1.95. The van der Waals surface area contributed by atoms with Crippen molar-refractivity contribution in [2.45, 2.75) is 13.3 Å². The van der Waals surface area contributed by atoms with Gasteiger partial charge in [-0.2, -0.15) is 0 Å². The van der Waals surface area contributed by atoms with Gasteiger partial charge < -0.3 is 4.74 Å². The van der Waals surface area contributed by atoms with E-state index >= 15 is 0 Å². The van der Waals surface area contributed by atoms with Gasteiger partial charge in [0, 0.05) is 6.61 Å². The maximum atomic E-state index is 5.18. The minimum Gasteiger partial charge on any atom is -0.378 e. The van der Waals surface area contributed by atoms with E-state index in [1.165, 1.54) is 5.56 Å². The van der Waals surface area contributed by atoms with Crippen LogP contribution in [-0.4, -0.2) is 13.2 Å². The molecule has 0 fully saturated rings. The van der Waals surface area contributed by atoms with Crippen molar-refractivity contribution in [2.75, 3.05) is 13.2 Å². The third-order valence-electron chi connectivity index (χ3n) is 1.78. The van der Waals surface area contributed by atoms with Crippen molar-refractivity contribution in [1.82, 2.24) is 0 Å². The van der Waals surface area contributed by atoms with Crippen molar-refractivity contribution in [2.24, 2.45) is 0 Å². The number of benzene rings is 1. The summed E-state index contributed by atoms with van der Waals surface area (Å²) in [6.45, 7) is 3.52. The quantitative estimate of drug-likeness (QED) is 0.495. The van der Waals surface area contributed by atoms with E-state index in [0.717, 1.165) is 19.6 Å². The minimum atomic E-state index is 0.726. The van der Waals surface area contributed by atoms with Gasteiger partial charge in [-0.1, -0.05) is 42.5 Å². The highest BCUT2D eigenvalue weighted by atomic mass is 16.5. The number of rotatable bonds is 5. The average Bonchev–Trinajstić information content (AvgIpc) is 2.19. The minimum absolute atomic E-state index is 0.726. The molecule has 0 radical (unpaired) electrons. The lowest BCUT2D eigenvalue weighted by Crippen LogP contribution is -1.88. The highest BCUT2D eigenvalue weighted by Crippen LogP contribution is 1.99. The molecule has 0 spiro atoms. The van der Waals surface area contributed by atoms with E-state index < -0.39 is 0 Å². The molecule has 1 aromatic rings. The molecule has 0 aliphatic rings. The Morgan fingerprint density at radius 1 is 1.15 bits per heavy atom. The van der Waals surface area contributed by atoms with E-state index in [1.807, 2.05) is 13.0 Å². The Morgan fingerprint density at radius 2 is 1.92 bits per heavy atom. The average molecular weight is 176 g/mol. The first-order valence-electron chi connectivity index (χ1n) is 4.70. The molecule has 0 saturated heterocycles. The van der Waals surface area contributed by atoms with Crippen LogP contribution in [0, 0.1) is 0 Å². The smallest absolute Gasteiger partial charge is 0.0647 e. The summed E-state index contributed by atoms with van der Waals surface area (Å²) in [5.74, 6) is 0. The summed E-state index contributed by atoms with van der Waals surface area (Å²) in [5.41, 5.74) is 1.34. The van der Waals surface area contributed by atoms with Gasteiger partial charge in [-0.3, -0.25) is 0 Å². The van der Waals surface area contributed by atoms with E-state index in [9.17, 15) is 0 Å². The molecule has 0 heterocycles. The molecule has 0 saturated carbocycles. The summed E-state index contributed by atoms with van der Waals surface area (Å²) in [4.78, 5) is 0. The maximum Gasteiger partial charge on any atom is 0.0647 e. The second-order valence-corrected chi connectivity index (χ2v) is 2.82. The predicted molar refractivity (Wildman–Crippen MR) is 55.8 cm³/mol. The third kappa shape index (κ3) is 4.48. The largest absolute Gasteiger partial charge is 0.378 e. The molecule has 0 aromatic heterocycles. The van der Waals surface area contributed by atoms with Crippen molar-refractivity contribution in [1.29, 1.82) is 0 Å². The first kappa shape index (κ1) is 10.0. The standard InChI is InChI=1S/C12H16O/c1-2-13-11-7-6-10-12-8-4-3-5-9-12/h3-9H,2,10-11H2,1H3/b7-6+. The zero-order chi connectivity index (χ0) is 9.36. The molecule has 0 unspecified atom stereocenters. The fourth-order valence-corrected chi connectivity index (χ4v) is 1.09. The van der Waals surface area contributed by atoms with E-state index in [1.54, 1.807) is 0 Å². The SMILES string of the molecule is CCOC/C=C/Cc1ccccc1. The Morgan fingerprint density at radius 3 is 2.62 bits per heavy atom. The lowest BCUT2D eigenvalue weighted by molar-refractivity contribution is 0.177. The topological polar surface area (TPSA) is 9.23 Å². The van der Waals surface area contributed by atoms with Crippen LogP contribution in [0.3, 0.4) is 0 Å². The predicted octanol–water partition coefficient (Wildman–Crippen LogP) is 2.82. The summed E-state index contributed by atoms with van der Waals surface area (Å²) in [5, 5.41) is 0. The Kier molecular flexibility index (Phi) is 4.95. The van der Waals surface area contributed by atoms with Gasteiger partial charge in [-0.25, -0.2) is 0 Å². The highest BCUT2D eigenvalue weighted by molar-refractivity contribution is 5.17. The van der Waals surface area contributed by atoms with Crippen LogP contribution in [0.5, 0.6) is 0 Å². The lowest BCUT2D eigenvalue weighted by atomic mass is 10.1. The van der Waals surface area contributed by atoms with Crippen LogP contribution in [0.1, 0.15) is 12.5 Å². The van der Waals surface area contributed by atoms with Crippen LogP contribution in [0.2, 0.25) is 0 Å². The third-order valence-corrected chi connectivity index (χ3v) is 1.78. The summed E-state index contributed by atoms with van der Waals surface area (Å²) < 4.78 is 5.18. The van der Waals surface area contributed by atoms with Gasteiger partial charge in [-0.05, 0) is 18.9 Å². The molecular formula is C12H16O. The highest BCUT2D eigenvalue weighted by Gasteiger charge is 1.84. The molecule has 1 heteroatoms. The fraction of sp³-hybridized carbons (Fsp3) is 0.333. The van der Waals surface area contributed by atoms with Gasteiger partial charge >= 0.3 is 0 Å². The summed E-state index contributed by atoms with van der Waals surface area (Å²) in [6, 6.07) is 10.4. The molecule has 70 valence electrons. The van der Waals surface area contributed by atoms with Gasteiger partial charge in [-0.15, -0.1) is 0 Å². The number of allylic oxidation sites excluding steroid dienone is 1. The Hall–Kier alpha value is -1.08. The number of hydrogen-bond acceptors (Lipinski definition) is 1. The van der Waals surface area contributed by atoms with E-state index in [2.05, 4.69) is 36.4 Å². The van der Waals surface area contributed by atoms with Crippen molar-refractivity contribution in [3.05, 3.63) is 48.0 Å². The van der Waals surface area contributed by atoms with E-state index in [4.69, 9.17) is 4.74 Å². The van der Waals surface area contributed by atoms with Crippen LogP contribution >= 0.6 is 0 Å². The Labute approximate surface area is 80.0 Å². The maximum absolute atomic E-state index is 5.18. The molecule has 0 atom stereocenters.